The van der Waals surface area contributed by atoms with E-state index in [0.29, 0.717) is 5.41 Å². The van der Waals surface area contributed by atoms with Gasteiger partial charge in [-0.2, -0.15) is 0 Å². The first-order valence-corrected chi connectivity index (χ1v) is 4.92. The van der Waals surface area contributed by atoms with Crippen molar-refractivity contribution in [3.63, 3.8) is 0 Å². The second-order valence-electron chi connectivity index (χ2n) is 3.60. The summed E-state index contributed by atoms with van der Waals surface area (Å²) in [6.07, 6.45) is 6.98. The van der Waals surface area contributed by atoms with E-state index in [0.717, 1.165) is 5.33 Å². The Morgan fingerprint density at radius 2 is 1.90 bits per heavy atom. The lowest BCUT2D eigenvalue weighted by atomic mass is 9.96. The van der Waals surface area contributed by atoms with Gasteiger partial charge in [-0.15, -0.1) is 0 Å². The maximum atomic E-state index is 3.40. The summed E-state index contributed by atoms with van der Waals surface area (Å²) < 4.78 is 0. The molecular formula is C9H17Br. The Labute approximate surface area is 72.8 Å². The van der Waals surface area contributed by atoms with Crippen LogP contribution in [0.1, 0.15) is 33.6 Å². The van der Waals surface area contributed by atoms with Crippen LogP contribution in [-0.4, -0.2) is 5.33 Å². The summed E-state index contributed by atoms with van der Waals surface area (Å²) in [6, 6.07) is 0. The molecule has 0 nitrogen and oxygen atoms in total. The highest BCUT2D eigenvalue weighted by Gasteiger charge is 2.01. The van der Waals surface area contributed by atoms with E-state index in [9.17, 15) is 0 Å². The summed E-state index contributed by atoms with van der Waals surface area (Å²) >= 11 is 3.40. The van der Waals surface area contributed by atoms with E-state index >= 15 is 0 Å². The van der Waals surface area contributed by atoms with Gasteiger partial charge in [0.25, 0.3) is 0 Å². The average Bonchev–Trinajstić information content (AvgIpc) is 1.78. The van der Waals surface area contributed by atoms with Crippen molar-refractivity contribution in [2.24, 2.45) is 5.41 Å². The number of hydrogen-bond donors (Lipinski definition) is 0. The van der Waals surface area contributed by atoms with E-state index in [4.69, 9.17) is 0 Å². The molecule has 0 N–H and O–H groups in total. The molecule has 0 saturated heterocycles. The van der Waals surface area contributed by atoms with Crippen molar-refractivity contribution in [1.29, 1.82) is 0 Å². The van der Waals surface area contributed by atoms with Crippen LogP contribution in [0.5, 0.6) is 0 Å². The van der Waals surface area contributed by atoms with Gasteiger partial charge in [0.15, 0.2) is 0 Å². The van der Waals surface area contributed by atoms with Crippen LogP contribution in [-0.2, 0) is 0 Å². The molecule has 0 atom stereocenters. The van der Waals surface area contributed by atoms with Gasteiger partial charge in [-0.3, -0.25) is 0 Å². The van der Waals surface area contributed by atoms with E-state index < -0.39 is 0 Å². The molecular weight excluding hydrogens is 188 g/mol. The molecule has 0 saturated carbocycles. The molecule has 0 rings (SSSR count). The second-order valence-corrected chi connectivity index (χ2v) is 4.39. The van der Waals surface area contributed by atoms with Gasteiger partial charge in [-0.1, -0.05) is 48.9 Å². The summed E-state index contributed by atoms with van der Waals surface area (Å²) in [7, 11) is 0. The summed E-state index contributed by atoms with van der Waals surface area (Å²) in [6.45, 7) is 6.66. The van der Waals surface area contributed by atoms with Crippen LogP contribution in [0.15, 0.2) is 12.2 Å². The van der Waals surface area contributed by atoms with Gasteiger partial charge in [-0.25, -0.2) is 0 Å². The Morgan fingerprint density at radius 3 is 2.30 bits per heavy atom. The van der Waals surface area contributed by atoms with Gasteiger partial charge >= 0.3 is 0 Å². The SMILES string of the molecule is CC(C)(C)/C=C\CCCBr. The summed E-state index contributed by atoms with van der Waals surface area (Å²) in [5, 5.41) is 1.11. The fourth-order valence-corrected chi connectivity index (χ4v) is 0.956. The molecule has 0 bridgehead atoms. The van der Waals surface area contributed by atoms with E-state index in [2.05, 4.69) is 48.9 Å². The average molecular weight is 205 g/mol. The molecule has 0 unspecified atom stereocenters. The van der Waals surface area contributed by atoms with Crippen molar-refractivity contribution in [2.75, 3.05) is 5.33 Å². The third-order valence-corrected chi connectivity index (χ3v) is 1.68. The smallest absolute Gasteiger partial charge is 0.00342 e. The van der Waals surface area contributed by atoms with Crippen molar-refractivity contribution < 1.29 is 0 Å². The van der Waals surface area contributed by atoms with Crippen LogP contribution in [0.2, 0.25) is 0 Å². The monoisotopic (exact) mass is 204 g/mol. The number of halogens is 1. The lowest BCUT2D eigenvalue weighted by molar-refractivity contribution is 0.542. The van der Waals surface area contributed by atoms with Gasteiger partial charge in [0.05, 0.1) is 0 Å². The molecule has 0 fully saturated rings. The number of unbranched alkanes of at least 4 members (excludes halogenated alkanes) is 1. The molecule has 60 valence electrons. The molecule has 0 heterocycles. The normalized spacial score (nSPS) is 12.8. The molecule has 0 aromatic carbocycles. The van der Waals surface area contributed by atoms with Gasteiger partial charge in [-0.05, 0) is 18.3 Å². The maximum absolute atomic E-state index is 3.40. The van der Waals surface area contributed by atoms with Crippen molar-refractivity contribution in [2.45, 2.75) is 33.6 Å². The Bertz CT molecular complexity index is 97.8. The predicted octanol–water partition coefficient (Wildman–Crippen LogP) is 3.76. The summed E-state index contributed by atoms with van der Waals surface area (Å²) in [5.41, 5.74) is 0.353. The van der Waals surface area contributed by atoms with Gasteiger partial charge in [0, 0.05) is 5.33 Å². The van der Waals surface area contributed by atoms with Crippen LogP contribution in [0.3, 0.4) is 0 Å². The fraction of sp³-hybridized carbons (Fsp3) is 0.778. The third-order valence-electron chi connectivity index (χ3n) is 1.12. The molecule has 0 radical (unpaired) electrons. The zero-order valence-corrected chi connectivity index (χ0v) is 8.74. The Morgan fingerprint density at radius 1 is 1.30 bits per heavy atom. The minimum Gasteiger partial charge on any atom is -0.0928 e. The second kappa shape index (κ2) is 4.95. The maximum Gasteiger partial charge on any atom is 0.00342 e. The van der Waals surface area contributed by atoms with E-state index in [1.54, 1.807) is 0 Å². The molecule has 0 aliphatic carbocycles. The summed E-state index contributed by atoms with van der Waals surface area (Å²) in [4.78, 5) is 0. The minimum absolute atomic E-state index is 0.353. The Hall–Kier alpha value is 0.220. The molecule has 0 aromatic rings. The van der Waals surface area contributed by atoms with E-state index in [-0.39, 0.29) is 0 Å². The van der Waals surface area contributed by atoms with Crippen LogP contribution >= 0.6 is 15.9 Å². The highest BCUT2D eigenvalue weighted by atomic mass is 79.9. The fourth-order valence-electron chi connectivity index (χ4n) is 0.632. The van der Waals surface area contributed by atoms with Gasteiger partial charge < -0.3 is 0 Å². The third kappa shape index (κ3) is 8.22. The van der Waals surface area contributed by atoms with Crippen molar-refractivity contribution in [3.05, 3.63) is 12.2 Å². The lowest BCUT2D eigenvalue weighted by Gasteiger charge is -2.10. The zero-order valence-electron chi connectivity index (χ0n) is 7.15. The first-order valence-electron chi connectivity index (χ1n) is 3.80. The van der Waals surface area contributed by atoms with E-state index in [1.165, 1.54) is 12.8 Å². The van der Waals surface area contributed by atoms with Crippen molar-refractivity contribution in [1.82, 2.24) is 0 Å². The zero-order chi connectivity index (χ0) is 8.04. The molecule has 10 heavy (non-hydrogen) atoms. The lowest BCUT2D eigenvalue weighted by Crippen LogP contribution is -1.97. The number of alkyl halides is 1. The first-order chi connectivity index (χ1) is 4.56. The summed E-state index contributed by atoms with van der Waals surface area (Å²) in [5.74, 6) is 0. The predicted molar refractivity (Wildman–Crippen MR) is 51.6 cm³/mol. The first kappa shape index (κ1) is 10.2. The molecule has 0 aliphatic rings. The number of allylic oxidation sites excluding steroid dienone is 2. The molecule has 0 aliphatic heterocycles. The number of hydrogen-bond acceptors (Lipinski definition) is 0. The van der Waals surface area contributed by atoms with Crippen molar-refractivity contribution in [3.8, 4) is 0 Å². The van der Waals surface area contributed by atoms with Gasteiger partial charge in [0.1, 0.15) is 0 Å². The van der Waals surface area contributed by atoms with Gasteiger partial charge in [0.2, 0.25) is 0 Å². The molecule has 0 amide bonds. The van der Waals surface area contributed by atoms with Crippen molar-refractivity contribution >= 4 is 15.9 Å². The quantitative estimate of drug-likeness (QED) is 0.374. The Balaban J connectivity index is 3.37. The molecule has 0 aromatic heterocycles. The van der Waals surface area contributed by atoms with Crippen LogP contribution < -0.4 is 0 Å². The topological polar surface area (TPSA) is 0 Å². The Kier molecular flexibility index (Phi) is 5.06. The standard InChI is InChI=1S/C9H17Br/c1-9(2,3)7-5-4-6-8-10/h5,7H,4,6,8H2,1-3H3/b7-5-. The number of rotatable bonds is 3. The minimum atomic E-state index is 0.353. The van der Waals surface area contributed by atoms with Crippen LogP contribution in [0.25, 0.3) is 0 Å². The molecule has 1 heteroatoms. The van der Waals surface area contributed by atoms with Crippen LogP contribution in [0.4, 0.5) is 0 Å². The highest BCUT2D eigenvalue weighted by molar-refractivity contribution is 9.09. The van der Waals surface area contributed by atoms with E-state index in [1.807, 2.05) is 0 Å². The largest absolute Gasteiger partial charge is 0.0928 e. The van der Waals surface area contributed by atoms with Crippen LogP contribution in [0, 0.1) is 5.41 Å². The highest BCUT2D eigenvalue weighted by Crippen LogP contribution is 2.15. The molecule has 0 spiro atoms.